The van der Waals surface area contributed by atoms with Crippen LogP contribution in [0.2, 0.25) is 0 Å². The summed E-state index contributed by atoms with van der Waals surface area (Å²) in [5, 5.41) is 22.4. The molecule has 0 aromatic heterocycles. The van der Waals surface area contributed by atoms with Gasteiger partial charge in [0.05, 0.1) is 25.9 Å². The molecule has 0 unspecified atom stereocenters. The van der Waals surface area contributed by atoms with E-state index in [1.54, 1.807) is 7.11 Å². The van der Waals surface area contributed by atoms with E-state index in [9.17, 15) is 9.59 Å². The van der Waals surface area contributed by atoms with Crippen molar-refractivity contribution in [1.29, 1.82) is 0 Å². The lowest BCUT2D eigenvalue weighted by Crippen LogP contribution is -2.51. The van der Waals surface area contributed by atoms with Crippen LogP contribution < -0.4 is 10.6 Å². The van der Waals surface area contributed by atoms with E-state index in [1.807, 2.05) is 0 Å². The van der Waals surface area contributed by atoms with Crippen LogP contribution in [0.5, 0.6) is 0 Å². The molecule has 0 radical (unpaired) electrons. The first-order chi connectivity index (χ1) is 8.49. The molecule has 106 valence electrons. The Kier molecular flexibility index (Phi) is 8.89. The average Bonchev–Trinajstić information content (AvgIpc) is 2.29. The third-order valence-corrected chi connectivity index (χ3v) is 2.00. The van der Waals surface area contributed by atoms with Gasteiger partial charge in [-0.05, 0) is 6.92 Å². The van der Waals surface area contributed by atoms with E-state index >= 15 is 0 Å². The lowest BCUT2D eigenvalue weighted by atomic mass is 10.2. The van der Waals surface area contributed by atoms with Gasteiger partial charge in [-0.3, -0.25) is 0 Å². The van der Waals surface area contributed by atoms with E-state index in [2.05, 4.69) is 10.6 Å². The number of hydrogen-bond donors (Lipinski definition) is 4. The zero-order chi connectivity index (χ0) is 14.0. The van der Waals surface area contributed by atoms with Crippen LogP contribution >= 0.6 is 0 Å². The van der Waals surface area contributed by atoms with Crippen LogP contribution in [0.25, 0.3) is 0 Å². The maximum absolute atomic E-state index is 11.3. The number of urea groups is 1. The highest BCUT2D eigenvalue weighted by Crippen LogP contribution is 1.92. The first kappa shape index (κ1) is 16.6. The number of carbonyl (C=O) groups is 2. The summed E-state index contributed by atoms with van der Waals surface area (Å²) in [4.78, 5) is 22.0. The van der Waals surface area contributed by atoms with E-state index in [0.29, 0.717) is 19.8 Å². The largest absolute Gasteiger partial charge is 0.480 e. The summed E-state index contributed by atoms with van der Waals surface area (Å²) < 4.78 is 9.85. The number of amides is 2. The molecule has 0 aromatic carbocycles. The second kappa shape index (κ2) is 9.63. The van der Waals surface area contributed by atoms with Crippen LogP contribution in [-0.2, 0) is 14.3 Å². The van der Waals surface area contributed by atoms with Gasteiger partial charge < -0.3 is 30.3 Å². The first-order valence-corrected chi connectivity index (χ1v) is 5.51. The molecule has 0 saturated carbocycles. The monoisotopic (exact) mass is 264 g/mol. The van der Waals surface area contributed by atoms with Crippen LogP contribution in [0.4, 0.5) is 4.79 Å². The van der Waals surface area contributed by atoms with Crippen molar-refractivity contribution in [1.82, 2.24) is 10.6 Å². The summed E-state index contributed by atoms with van der Waals surface area (Å²) >= 11 is 0. The van der Waals surface area contributed by atoms with Gasteiger partial charge in [0.2, 0.25) is 0 Å². The molecule has 0 aromatic rings. The fourth-order valence-corrected chi connectivity index (χ4v) is 1.06. The molecular weight excluding hydrogens is 244 g/mol. The predicted molar refractivity (Wildman–Crippen MR) is 62.3 cm³/mol. The minimum absolute atomic E-state index is 0.238. The number of rotatable bonds is 9. The Balaban J connectivity index is 3.72. The van der Waals surface area contributed by atoms with Gasteiger partial charge in [-0.25, -0.2) is 9.59 Å². The van der Waals surface area contributed by atoms with Crippen molar-refractivity contribution in [3.05, 3.63) is 0 Å². The van der Waals surface area contributed by atoms with E-state index in [1.165, 1.54) is 6.92 Å². The van der Waals surface area contributed by atoms with Crippen LogP contribution in [-0.4, -0.2) is 67.8 Å². The second-order valence-corrected chi connectivity index (χ2v) is 3.56. The number of nitrogens with one attached hydrogen (secondary N) is 2. The molecule has 0 aliphatic heterocycles. The van der Waals surface area contributed by atoms with Gasteiger partial charge >= 0.3 is 12.0 Å². The van der Waals surface area contributed by atoms with Gasteiger partial charge in [-0.15, -0.1) is 0 Å². The number of carboxylic acids is 1. The third-order valence-electron chi connectivity index (χ3n) is 2.00. The SMILES string of the molecule is COCCOCCNC(=O)N[C@H](C(=O)O)[C@@H](C)O. The number of hydrogen-bond acceptors (Lipinski definition) is 5. The molecule has 0 aliphatic carbocycles. The maximum atomic E-state index is 11.3. The number of ether oxygens (including phenoxy) is 2. The number of aliphatic hydroxyl groups is 1. The highest BCUT2D eigenvalue weighted by atomic mass is 16.5. The zero-order valence-electron chi connectivity index (χ0n) is 10.5. The molecule has 8 heteroatoms. The summed E-state index contributed by atoms with van der Waals surface area (Å²) in [6, 6.07) is -2.00. The minimum Gasteiger partial charge on any atom is -0.480 e. The molecule has 0 fully saturated rings. The molecule has 8 nitrogen and oxygen atoms in total. The predicted octanol–water partition coefficient (Wildman–Crippen LogP) is -1.22. The Hall–Kier alpha value is -1.38. The lowest BCUT2D eigenvalue weighted by molar-refractivity contribution is -0.141. The summed E-state index contributed by atoms with van der Waals surface area (Å²) in [6.07, 6.45) is -1.17. The van der Waals surface area contributed by atoms with Crippen LogP contribution in [0.3, 0.4) is 0 Å². The summed E-state index contributed by atoms with van der Waals surface area (Å²) in [5.74, 6) is -1.29. The van der Waals surface area contributed by atoms with Crippen molar-refractivity contribution >= 4 is 12.0 Å². The fraction of sp³-hybridized carbons (Fsp3) is 0.800. The van der Waals surface area contributed by atoms with Gasteiger partial charge in [0.25, 0.3) is 0 Å². The van der Waals surface area contributed by atoms with Crippen LogP contribution in [0.15, 0.2) is 0 Å². The van der Waals surface area contributed by atoms with Crippen molar-refractivity contribution in [2.24, 2.45) is 0 Å². The summed E-state index contributed by atoms with van der Waals surface area (Å²) in [7, 11) is 1.55. The van der Waals surface area contributed by atoms with Crippen molar-refractivity contribution in [3.8, 4) is 0 Å². The molecule has 0 heterocycles. The molecule has 2 atom stereocenters. The molecule has 18 heavy (non-hydrogen) atoms. The standard InChI is InChI=1S/C10H20N2O6/c1-7(13)8(9(14)15)12-10(16)11-3-4-18-6-5-17-2/h7-8,13H,3-6H2,1-2H3,(H,14,15)(H2,11,12,16)/t7-,8+/m1/s1. The van der Waals surface area contributed by atoms with E-state index in [4.69, 9.17) is 19.7 Å². The Bertz CT molecular complexity index is 259. The van der Waals surface area contributed by atoms with Crippen LogP contribution in [0.1, 0.15) is 6.92 Å². The van der Waals surface area contributed by atoms with Crippen molar-refractivity contribution in [2.45, 2.75) is 19.1 Å². The molecule has 0 aliphatic rings. The quantitative estimate of drug-likeness (QED) is 0.388. The minimum atomic E-state index is -1.33. The van der Waals surface area contributed by atoms with Crippen molar-refractivity contribution < 1.29 is 29.3 Å². The highest BCUT2D eigenvalue weighted by molar-refractivity contribution is 5.82. The second-order valence-electron chi connectivity index (χ2n) is 3.56. The first-order valence-electron chi connectivity index (χ1n) is 5.51. The topological polar surface area (TPSA) is 117 Å². The zero-order valence-corrected chi connectivity index (χ0v) is 10.5. The number of carboxylic acid groups (broad SMARTS) is 1. The number of aliphatic hydroxyl groups excluding tert-OH is 1. The normalized spacial score (nSPS) is 13.7. The highest BCUT2D eigenvalue weighted by Gasteiger charge is 2.24. The van der Waals surface area contributed by atoms with Crippen LogP contribution in [0, 0.1) is 0 Å². The number of carbonyl (C=O) groups excluding carboxylic acids is 1. The Morgan fingerprint density at radius 2 is 1.94 bits per heavy atom. The summed E-state index contributed by atoms with van der Waals surface area (Å²) in [6.45, 7) is 2.71. The van der Waals surface area contributed by atoms with Crippen molar-refractivity contribution in [2.75, 3.05) is 33.5 Å². The molecule has 0 rings (SSSR count). The van der Waals surface area contributed by atoms with Gasteiger partial charge in [-0.2, -0.15) is 0 Å². The smallest absolute Gasteiger partial charge is 0.328 e. The van der Waals surface area contributed by atoms with Gasteiger partial charge in [0.15, 0.2) is 6.04 Å². The average molecular weight is 264 g/mol. The van der Waals surface area contributed by atoms with E-state index in [0.717, 1.165) is 0 Å². The summed E-state index contributed by atoms with van der Waals surface area (Å²) in [5.41, 5.74) is 0. The number of methoxy groups -OCH3 is 1. The lowest BCUT2D eigenvalue weighted by Gasteiger charge is -2.17. The van der Waals surface area contributed by atoms with Gasteiger partial charge in [-0.1, -0.05) is 0 Å². The third kappa shape index (κ3) is 7.82. The molecule has 0 bridgehead atoms. The number of aliphatic carboxylic acids is 1. The van der Waals surface area contributed by atoms with Gasteiger partial charge in [0.1, 0.15) is 0 Å². The van der Waals surface area contributed by atoms with Gasteiger partial charge in [0, 0.05) is 13.7 Å². The molecule has 2 amide bonds. The Labute approximate surface area is 105 Å². The molecule has 0 saturated heterocycles. The van der Waals surface area contributed by atoms with E-state index in [-0.39, 0.29) is 6.54 Å². The Morgan fingerprint density at radius 1 is 1.28 bits per heavy atom. The maximum Gasteiger partial charge on any atom is 0.328 e. The molecule has 4 N–H and O–H groups in total. The molecular formula is C10H20N2O6. The fourth-order valence-electron chi connectivity index (χ4n) is 1.06. The van der Waals surface area contributed by atoms with E-state index < -0.39 is 24.1 Å². The molecule has 0 spiro atoms. The Morgan fingerprint density at radius 3 is 2.44 bits per heavy atom. The van der Waals surface area contributed by atoms with Crippen molar-refractivity contribution in [3.63, 3.8) is 0 Å².